The number of fused-ring (bicyclic) bond motifs is 1. The van der Waals surface area contributed by atoms with Gasteiger partial charge in [-0.3, -0.25) is 0 Å². The summed E-state index contributed by atoms with van der Waals surface area (Å²) in [6.45, 7) is 5.97. The Morgan fingerprint density at radius 3 is 2.75 bits per heavy atom. The quantitative estimate of drug-likeness (QED) is 0.588. The van der Waals surface area contributed by atoms with Crippen molar-refractivity contribution in [2.75, 3.05) is 0 Å². The van der Waals surface area contributed by atoms with Crippen molar-refractivity contribution in [1.29, 1.82) is 0 Å². The van der Waals surface area contributed by atoms with Gasteiger partial charge in [0, 0.05) is 6.20 Å². The zero-order chi connectivity index (χ0) is 8.72. The third-order valence-corrected chi connectivity index (χ3v) is 1.89. The minimum atomic E-state index is 0.815. The van der Waals surface area contributed by atoms with Gasteiger partial charge in [0.05, 0.1) is 11.2 Å². The Hall–Kier alpha value is -1.38. The Balaban J connectivity index is 2.88. The number of aromatic nitrogens is 3. The van der Waals surface area contributed by atoms with E-state index in [1.807, 2.05) is 24.6 Å². The molecule has 2 rings (SSSR count). The summed E-state index contributed by atoms with van der Waals surface area (Å²) in [6.07, 6.45) is 2.01. The summed E-state index contributed by atoms with van der Waals surface area (Å²) < 4.78 is 1.88. The number of hydrogen-bond donors (Lipinski definition) is 0. The molecule has 62 valence electrons. The van der Waals surface area contributed by atoms with Crippen molar-refractivity contribution in [3.8, 4) is 0 Å². The van der Waals surface area contributed by atoms with Crippen LogP contribution in [0.1, 0.15) is 17.1 Å². The van der Waals surface area contributed by atoms with E-state index in [4.69, 9.17) is 0 Å². The van der Waals surface area contributed by atoms with Crippen LogP contribution in [0.15, 0.2) is 12.3 Å². The van der Waals surface area contributed by atoms with E-state index in [9.17, 15) is 0 Å². The molecule has 3 nitrogen and oxygen atoms in total. The highest BCUT2D eigenvalue weighted by Crippen LogP contribution is 2.10. The van der Waals surface area contributed by atoms with E-state index < -0.39 is 0 Å². The summed E-state index contributed by atoms with van der Waals surface area (Å²) in [5.41, 5.74) is 3.35. The molecular weight excluding hydrogens is 150 g/mol. The predicted molar refractivity (Wildman–Crippen MR) is 47.2 cm³/mol. The summed E-state index contributed by atoms with van der Waals surface area (Å²) in [5.74, 6) is 0.815. The lowest BCUT2D eigenvalue weighted by atomic mass is 10.3. The lowest BCUT2D eigenvalue weighted by molar-refractivity contribution is 0.840. The smallest absolute Gasteiger partial charge is 0.146 e. The van der Waals surface area contributed by atoms with Gasteiger partial charge in [-0.05, 0) is 32.4 Å². The molecule has 0 aromatic carbocycles. The molecule has 0 bridgehead atoms. The first-order valence-electron chi connectivity index (χ1n) is 3.97. The second kappa shape index (κ2) is 2.30. The lowest BCUT2D eigenvalue weighted by Crippen LogP contribution is -1.98. The zero-order valence-corrected chi connectivity index (χ0v) is 7.50. The molecule has 0 aliphatic heterocycles. The lowest BCUT2D eigenvalue weighted by Gasteiger charge is -1.98. The van der Waals surface area contributed by atoms with Crippen molar-refractivity contribution >= 4 is 5.52 Å². The van der Waals surface area contributed by atoms with E-state index in [1.54, 1.807) is 0 Å². The molecule has 2 aromatic heterocycles. The fraction of sp³-hybridized carbons (Fsp3) is 0.333. The van der Waals surface area contributed by atoms with Gasteiger partial charge in [0.1, 0.15) is 5.82 Å². The molecule has 0 saturated carbocycles. The van der Waals surface area contributed by atoms with Crippen LogP contribution in [0.3, 0.4) is 0 Å². The van der Waals surface area contributed by atoms with E-state index in [0.29, 0.717) is 0 Å². The normalized spacial score (nSPS) is 10.9. The van der Waals surface area contributed by atoms with Crippen LogP contribution >= 0.6 is 0 Å². The van der Waals surface area contributed by atoms with Gasteiger partial charge in [0.2, 0.25) is 0 Å². The SMILES string of the molecule is Cc1cc2c(C)nc(C)nn2c1. The molecule has 0 amide bonds. The van der Waals surface area contributed by atoms with Crippen molar-refractivity contribution < 1.29 is 0 Å². The molecule has 0 N–H and O–H groups in total. The molecule has 3 heteroatoms. The van der Waals surface area contributed by atoms with E-state index in [-0.39, 0.29) is 0 Å². The van der Waals surface area contributed by atoms with Crippen LogP contribution in [0.5, 0.6) is 0 Å². The molecule has 0 aliphatic rings. The molecule has 0 fully saturated rings. The van der Waals surface area contributed by atoms with Gasteiger partial charge in [-0.15, -0.1) is 0 Å². The van der Waals surface area contributed by atoms with Crippen LogP contribution in [0.25, 0.3) is 5.52 Å². The Bertz CT molecular complexity index is 429. The highest BCUT2D eigenvalue weighted by Gasteiger charge is 2.01. The number of aryl methyl sites for hydroxylation is 3. The predicted octanol–water partition coefficient (Wildman–Crippen LogP) is 1.65. The molecular formula is C9H11N3. The van der Waals surface area contributed by atoms with E-state index in [2.05, 4.69) is 23.1 Å². The Kier molecular flexibility index (Phi) is 1.40. The van der Waals surface area contributed by atoms with Crippen molar-refractivity contribution in [3.63, 3.8) is 0 Å². The summed E-state index contributed by atoms with van der Waals surface area (Å²) in [7, 11) is 0. The highest BCUT2D eigenvalue weighted by molar-refractivity contribution is 5.52. The molecule has 0 unspecified atom stereocenters. The molecule has 2 heterocycles. The minimum absolute atomic E-state index is 0.815. The molecule has 12 heavy (non-hydrogen) atoms. The Labute approximate surface area is 71.1 Å². The third-order valence-electron chi connectivity index (χ3n) is 1.89. The summed E-state index contributed by atoms with van der Waals surface area (Å²) >= 11 is 0. The van der Waals surface area contributed by atoms with Gasteiger partial charge in [0.15, 0.2) is 0 Å². The zero-order valence-electron chi connectivity index (χ0n) is 7.50. The summed E-state index contributed by atoms with van der Waals surface area (Å²) in [5, 5.41) is 4.26. The van der Waals surface area contributed by atoms with Crippen LogP contribution in [0.2, 0.25) is 0 Å². The maximum Gasteiger partial charge on any atom is 0.146 e. The van der Waals surface area contributed by atoms with Gasteiger partial charge in [-0.2, -0.15) is 5.10 Å². The summed E-state index contributed by atoms with van der Waals surface area (Å²) in [4.78, 5) is 4.28. The maximum atomic E-state index is 4.28. The first kappa shape index (κ1) is 7.28. The van der Waals surface area contributed by atoms with Crippen molar-refractivity contribution in [2.45, 2.75) is 20.8 Å². The van der Waals surface area contributed by atoms with Gasteiger partial charge >= 0.3 is 0 Å². The Morgan fingerprint density at radius 1 is 1.25 bits per heavy atom. The summed E-state index contributed by atoms with van der Waals surface area (Å²) in [6, 6.07) is 2.09. The largest absolute Gasteiger partial charge is 0.237 e. The second-order valence-corrected chi connectivity index (χ2v) is 3.09. The monoisotopic (exact) mass is 161 g/mol. The molecule has 2 aromatic rings. The number of nitrogens with zero attached hydrogens (tertiary/aromatic N) is 3. The maximum absolute atomic E-state index is 4.28. The van der Waals surface area contributed by atoms with E-state index in [1.165, 1.54) is 5.56 Å². The van der Waals surface area contributed by atoms with Crippen LogP contribution < -0.4 is 0 Å². The molecule has 0 spiro atoms. The highest BCUT2D eigenvalue weighted by atomic mass is 15.2. The van der Waals surface area contributed by atoms with Crippen LogP contribution in [-0.4, -0.2) is 14.6 Å². The van der Waals surface area contributed by atoms with Crippen molar-refractivity contribution in [1.82, 2.24) is 14.6 Å². The van der Waals surface area contributed by atoms with Crippen LogP contribution in [0, 0.1) is 20.8 Å². The molecule has 0 radical (unpaired) electrons. The number of rotatable bonds is 0. The second-order valence-electron chi connectivity index (χ2n) is 3.09. The number of hydrogen-bond acceptors (Lipinski definition) is 2. The first-order chi connectivity index (χ1) is 5.66. The van der Waals surface area contributed by atoms with Gasteiger partial charge in [0.25, 0.3) is 0 Å². The molecule has 0 atom stereocenters. The first-order valence-corrected chi connectivity index (χ1v) is 3.97. The van der Waals surface area contributed by atoms with Gasteiger partial charge in [-0.1, -0.05) is 0 Å². The van der Waals surface area contributed by atoms with Gasteiger partial charge in [-0.25, -0.2) is 9.50 Å². The fourth-order valence-electron chi connectivity index (χ4n) is 1.41. The standard InChI is InChI=1S/C9H11N3/c1-6-4-9-7(2)10-8(3)11-12(9)5-6/h4-5H,1-3H3. The van der Waals surface area contributed by atoms with Crippen molar-refractivity contribution in [2.24, 2.45) is 0 Å². The van der Waals surface area contributed by atoms with E-state index in [0.717, 1.165) is 17.0 Å². The Morgan fingerprint density at radius 2 is 2.00 bits per heavy atom. The third kappa shape index (κ3) is 0.978. The average Bonchev–Trinajstić information content (AvgIpc) is 2.29. The van der Waals surface area contributed by atoms with E-state index >= 15 is 0 Å². The minimum Gasteiger partial charge on any atom is -0.237 e. The van der Waals surface area contributed by atoms with Crippen LogP contribution in [-0.2, 0) is 0 Å². The average molecular weight is 161 g/mol. The molecule has 0 aliphatic carbocycles. The van der Waals surface area contributed by atoms with Crippen LogP contribution in [0.4, 0.5) is 0 Å². The van der Waals surface area contributed by atoms with Gasteiger partial charge < -0.3 is 0 Å². The molecule has 0 saturated heterocycles. The van der Waals surface area contributed by atoms with Crippen molar-refractivity contribution in [3.05, 3.63) is 29.3 Å². The fourth-order valence-corrected chi connectivity index (χ4v) is 1.41. The topological polar surface area (TPSA) is 30.2 Å².